The van der Waals surface area contributed by atoms with Crippen LogP contribution in [0.4, 0.5) is 0 Å². The summed E-state index contributed by atoms with van der Waals surface area (Å²) in [6.45, 7) is 3.45. The summed E-state index contributed by atoms with van der Waals surface area (Å²) in [6.07, 6.45) is 3.88. The number of hydrogen-bond donors (Lipinski definition) is 2. The van der Waals surface area contributed by atoms with E-state index < -0.39 is 6.10 Å². The normalized spacial score (nSPS) is 12.2. The van der Waals surface area contributed by atoms with E-state index in [1.165, 1.54) is 12.8 Å². The lowest BCUT2D eigenvalue weighted by molar-refractivity contribution is 0.0906. The smallest absolute Gasteiger partial charge is 0.203 e. The molecule has 3 rings (SSSR count). The molecule has 2 N–H and O–H groups in total. The van der Waals surface area contributed by atoms with Crippen molar-refractivity contribution < 1.29 is 14.6 Å². The number of aliphatic hydroxyl groups is 1. The van der Waals surface area contributed by atoms with Crippen molar-refractivity contribution in [2.75, 3.05) is 13.7 Å². The highest BCUT2D eigenvalue weighted by Gasteiger charge is 2.15. The molecule has 0 aliphatic rings. The maximum absolute atomic E-state index is 10.6. The molecule has 6 nitrogen and oxygen atoms in total. The van der Waals surface area contributed by atoms with E-state index in [1.807, 2.05) is 57.7 Å². The molecule has 1 aromatic heterocycles. The van der Waals surface area contributed by atoms with Crippen LogP contribution >= 0.6 is 0 Å². The van der Waals surface area contributed by atoms with Gasteiger partial charge in [0.05, 0.1) is 24.7 Å². The molecule has 0 spiro atoms. The number of aliphatic hydroxyl groups excluding tert-OH is 1. The molecule has 0 fully saturated rings. The van der Waals surface area contributed by atoms with E-state index in [4.69, 9.17) is 14.9 Å². The van der Waals surface area contributed by atoms with Crippen molar-refractivity contribution >= 4 is 11.0 Å². The number of rotatable bonds is 11. The van der Waals surface area contributed by atoms with Gasteiger partial charge < -0.3 is 23.7 Å². The molecule has 29 heavy (non-hydrogen) atoms. The van der Waals surface area contributed by atoms with Crippen LogP contribution in [0.1, 0.15) is 32.6 Å². The van der Waals surface area contributed by atoms with Gasteiger partial charge in [0.2, 0.25) is 5.62 Å². The first-order valence-electron chi connectivity index (χ1n) is 10.3. The molecule has 156 valence electrons. The Balaban J connectivity index is 1.73. The van der Waals surface area contributed by atoms with Crippen LogP contribution in [0.3, 0.4) is 0 Å². The second kappa shape index (κ2) is 10.2. The Morgan fingerprint density at radius 3 is 2.28 bits per heavy atom. The fraction of sp³-hybridized carbons (Fsp3) is 0.435. The largest absolute Gasteiger partial charge is 0.493 e. The number of ether oxygens (including phenoxy) is 2. The number of aromatic nitrogens is 2. The summed E-state index contributed by atoms with van der Waals surface area (Å²) in [5.41, 5.74) is 2.41. The van der Waals surface area contributed by atoms with Gasteiger partial charge in [-0.1, -0.05) is 50.5 Å². The van der Waals surface area contributed by atoms with Crippen LogP contribution in [0.15, 0.2) is 48.5 Å². The van der Waals surface area contributed by atoms with E-state index >= 15 is 0 Å². The van der Waals surface area contributed by atoms with Crippen LogP contribution in [-0.4, -0.2) is 34.1 Å². The lowest BCUT2D eigenvalue weighted by Gasteiger charge is -2.15. The number of nitrogens with zero attached hydrogens (tertiary/aromatic N) is 2. The van der Waals surface area contributed by atoms with Crippen LogP contribution in [0.25, 0.3) is 11.0 Å². The molecule has 0 bridgehead atoms. The first-order valence-corrected chi connectivity index (χ1v) is 10.3. The van der Waals surface area contributed by atoms with Gasteiger partial charge in [0.25, 0.3) is 0 Å². The molecule has 0 aliphatic heterocycles. The summed E-state index contributed by atoms with van der Waals surface area (Å²) in [5.74, 6) is 1.24. The summed E-state index contributed by atoms with van der Waals surface area (Å²) < 4.78 is 14.9. The molecule has 0 unspecified atom stereocenters. The number of fused-ring (bicyclic) bond motifs is 1. The van der Waals surface area contributed by atoms with E-state index in [-0.39, 0.29) is 6.61 Å². The van der Waals surface area contributed by atoms with E-state index in [2.05, 4.69) is 6.92 Å². The van der Waals surface area contributed by atoms with Crippen LogP contribution in [0, 0.1) is 5.41 Å². The van der Waals surface area contributed by atoms with E-state index in [0.717, 1.165) is 30.4 Å². The van der Waals surface area contributed by atoms with Crippen molar-refractivity contribution in [2.45, 2.75) is 51.8 Å². The predicted molar refractivity (Wildman–Crippen MR) is 114 cm³/mol. The minimum Gasteiger partial charge on any atom is -0.493 e. The molecule has 6 heteroatoms. The van der Waals surface area contributed by atoms with Crippen molar-refractivity contribution in [2.24, 2.45) is 0 Å². The van der Waals surface area contributed by atoms with Crippen molar-refractivity contribution in [1.29, 1.82) is 5.41 Å². The van der Waals surface area contributed by atoms with Gasteiger partial charge in [-0.05, 0) is 30.7 Å². The Hall–Kier alpha value is -2.73. The molecular formula is C23H31N3O3. The lowest BCUT2D eigenvalue weighted by Crippen LogP contribution is -2.31. The molecule has 0 amide bonds. The highest BCUT2D eigenvalue weighted by Crippen LogP contribution is 2.26. The summed E-state index contributed by atoms with van der Waals surface area (Å²) in [7, 11) is 1.59. The van der Waals surface area contributed by atoms with Gasteiger partial charge in [-0.3, -0.25) is 5.41 Å². The number of nitrogens with one attached hydrogen (secondary N) is 1. The molecule has 0 saturated carbocycles. The van der Waals surface area contributed by atoms with E-state index in [0.29, 0.717) is 23.7 Å². The number of unbranched alkanes of at least 4 members (excludes halogenated alkanes) is 3. The fourth-order valence-corrected chi connectivity index (χ4v) is 3.59. The molecule has 3 aromatic rings. The molecule has 0 saturated heterocycles. The SMILES string of the molecule is CCCCCCn1c(=N)n(C[C@H](O)COc2ccccc2OC)c2ccccc21. The first-order chi connectivity index (χ1) is 14.2. The minimum absolute atomic E-state index is 0.128. The maximum Gasteiger partial charge on any atom is 0.203 e. The van der Waals surface area contributed by atoms with Crippen LogP contribution in [0.5, 0.6) is 11.5 Å². The topological polar surface area (TPSA) is 72.4 Å². The molecule has 0 radical (unpaired) electrons. The zero-order chi connectivity index (χ0) is 20.6. The van der Waals surface area contributed by atoms with Crippen molar-refractivity contribution in [1.82, 2.24) is 9.13 Å². The Kier molecular flexibility index (Phi) is 7.36. The van der Waals surface area contributed by atoms with Gasteiger partial charge in [0, 0.05) is 6.54 Å². The van der Waals surface area contributed by atoms with Gasteiger partial charge in [-0.25, -0.2) is 0 Å². The Morgan fingerprint density at radius 2 is 1.59 bits per heavy atom. The van der Waals surface area contributed by atoms with E-state index in [9.17, 15) is 5.11 Å². The van der Waals surface area contributed by atoms with Crippen molar-refractivity contribution in [3.8, 4) is 11.5 Å². The highest BCUT2D eigenvalue weighted by molar-refractivity contribution is 5.75. The summed E-state index contributed by atoms with van der Waals surface area (Å²) in [4.78, 5) is 0. The van der Waals surface area contributed by atoms with Crippen LogP contribution < -0.4 is 15.1 Å². The van der Waals surface area contributed by atoms with Crippen molar-refractivity contribution in [3.63, 3.8) is 0 Å². The summed E-state index contributed by atoms with van der Waals surface area (Å²) >= 11 is 0. The first kappa shape index (κ1) is 21.0. The fourth-order valence-electron chi connectivity index (χ4n) is 3.59. The number of methoxy groups -OCH3 is 1. The standard InChI is InChI=1S/C23H31N3O3/c1-3-4-5-10-15-25-19-11-6-7-12-20(19)26(23(25)24)16-18(27)17-29-22-14-9-8-13-21(22)28-2/h6-9,11-14,18,24,27H,3-5,10,15-17H2,1-2H3/t18-/m0/s1. The van der Waals surface area contributed by atoms with E-state index in [1.54, 1.807) is 7.11 Å². The number of hydrogen-bond acceptors (Lipinski definition) is 4. The molecule has 1 atom stereocenters. The van der Waals surface area contributed by atoms with Crippen molar-refractivity contribution in [3.05, 3.63) is 54.1 Å². The molecular weight excluding hydrogens is 366 g/mol. The van der Waals surface area contributed by atoms with Gasteiger partial charge >= 0.3 is 0 Å². The number of para-hydroxylation sites is 4. The highest BCUT2D eigenvalue weighted by atomic mass is 16.5. The predicted octanol–water partition coefficient (Wildman–Crippen LogP) is 3.95. The number of imidazole rings is 1. The minimum atomic E-state index is -0.742. The average Bonchev–Trinajstić information content (AvgIpc) is 3.01. The van der Waals surface area contributed by atoms with Gasteiger partial charge in [0.1, 0.15) is 12.7 Å². The average molecular weight is 398 g/mol. The van der Waals surface area contributed by atoms with Gasteiger partial charge in [-0.15, -0.1) is 0 Å². The Bertz CT molecular complexity index is 977. The number of aryl methyl sites for hydroxylation is 1. The second-order valence-corrected chi connectivity index (χ2v) is 7.25. The van der Waals surface area contributed by atoms with Gasteiger partial charge in [-0.2, -0.15) is 0 Å². The maximum atomic E-state index is 10.6. The lowest BCUT2D eigenvalue weighted by atomic mass is 10.2. The zero-order valence-electron chi connectivity index (χ0n) is 17.3. The third kappa shape index (κ3) is 5.01. The molecule has 0 aliphatic carbocycles. The third-order valence-electron chi connectivity index (χ3n) is 5.10. The van der Waals surface area contributed by atoms with Crippen LogP contribution in [0.2, 0.25) is 0 Å². The third-order valence-corrected chi connectivity index (χ3v) is 5.10. The Morgan fingerprint density at radius 1 is 0.931 bits per heavy atom. The second-order valence-electron chi connectivity index (χ2n) is 7.25. The monoisotopic (exact) mass is 397 g/mol. The summed E-state index contributed by atoms with van der Waals surface area (Å²) in [5, 5.41) is 19.3. The summed E-state index contributed by atoms with van der Waals surface area (Å²) in [6, 6.07) is 15.4. The zero-order valence-corrected chi connectivity index (χ0v) is 17.3. The number of benzene rings is 2. The van der Waals surface area contributed by atoms with Gasteiger partial charge in [0.15, 0.2) is 11.5 Å². The Labute approximate surface area is 171 Å². The molecule has 2 aromatic carbocycles. The quantitative estimate of drug-likeness (QED) is 0.481. The van der Waals surface area contributed by atoms with Crippen LogP contribution in [-0.2, 0) is 13.1 Å². The molecule has 1 heterocycles.